The maximum absolute atomic E-state index is 13.8. The van der Waals surface area contributed by atoms with Gasteiger partial charge >= 0.3 is 12.1 Å². The predicted molar refractivity (Wildman–Crippen MR) is 150 cm³/mol. The highest BCUT2D eigenvalue weighted by molar-refractivity contribution is 5.99. The molecule has 39 heavy (non-hydrogen) atoms. The van der Waals surface area contributed by atoms with Crippen LogP contribution in [0.2, 0.25) is 0 Å². The first-order valence-electron chi connectivity index (χ1n) is 12.9. The Hall–Kier alpha value is -4.01. The lowest BCUT2D eigenvalue weighted by molar-refractivity contribution is -0.155. The molecule has 0 saturated heterocycles. The van der Waals surface area contributed by atoms with Crippen LogP contribution in [-0.2, 0) is 20.7 Å². The summed E-state index contributed by atoms with van der Waals surface area (Å²) < 4.78 is 16.3. The Morgan fingerprint density at radius 2 is 1.59 bits per heavy atom. The first-order valence-corrected chi connectivity index (χ1v) is 12.9. The van der Waals surface area contributed by atoms with Gasteiger partial charge in [-0.3, -0.25) is 9.59 Å². The minimum Gasteiger partial charge on any atom is -0.497 e. The van der Waals surface area contributed by atoms with Gasteiger partial charge in [-0.2, -0.15) is 0 Å². The molecule has 0 saturated carbocycles. The lowest BCUT2D eigenvalue weighted by Crippen LogP contribution is -2.50. The zero-order valence-electron chi connectivity index (χ0n) is 23.8. The minimum absolute atomic E-state index is 0.0465. The number of carbonyl (C=O) groups excluding carboxylic acids is 3. The van der Waals surface area contributed by atoms with E-state index in [-0.39, 0.29) is 13.1 Å². The summed E-state index contributed by atoms with van der Waals surface area (Å²) >= 11 is 0. The van der Waals surface area contributed by atoms with Crippen molar-refractivity contribution in [3.05, 3.63) is 65.9 Å². The molecule has 9 nitrogen and oxygen atoms in total. The lowest BCUT2D eigenvalue weighted by Gasteiger charge is -2.29. The summed E-state index contributed by atoms with van der Waals surface area (Å²) in [4.78, 5) is 43.9. The van der Waals surface area contributed by atoms with Crippen molar-refractivity contribution in [2.75, 3.05) is 20.2 Å². The maximum atomic E-state index is 13.8. The lowest BCUT2D eigenvalue weighted by atomic mass is 10.1. The molecule has 0 spiro atoms. The van der Waals surface area contributed by atoms with Crippen LogP contribution >= 0.6 is 0 Å². The van der Waals surface area contributed by atoms with Crippen LogP contribution in [0.1, 0.15) is 57.6 Å². The van der Waals surface area contributed by atoms with Gasteiger partial charge in [0, 0.05) is 17.4 Å². The number of esters is 1. The number of methoxy groups -OCH3 is 1. The Kier molecular flexibility index (Phi) is 9.27. The fourth-order valence-corrected chi connectivity index (χ4v) is 4.07. The zero-order valence-corrected chi connectivity index (χ0v) is 23.8. The van der Waals surface area contributed by atoms with Gasteiger partial charge in [-0.05, 0) is 77.8 Å². The largest absolute Gasteiger partial charge is 0.497 e. The van der Waals surface area contributed by atoms with Gasteiger partial charge in [-0.15, -0.1) is 0 Å². The first-order chi connectivity index (χ1) is 18.2. The number of alkyl carbamates (subject to hydrolysis) is 1. The number of ether oxygens (including phenoxy) is 3. The molecule has 0 aliphatic rings. The molecule has 0 aliphatic carbocycles. The van der Waals surface area contributed by atoms with Gasteiger partial charge < -0.3 is 29.4 Å². The van der Waals surface area contributed by atoms with Crippen LogP contribution in [0.15, 0.2) is 54.6 Å². The number of aromatic amines is 1. The number of nitrogens with zero attached hydrogens (tertiary/aromatic N) is 1. The van der Waals surface area contributed by atoms with Crippen LogP contribution in [0.25, 0.3) is 10.9 Å². The third kappa shape index (κ3) is 9.35. The molecule has 210 valence electrons. The smallest absolute Gasteiger partial charge is 0.407 e. The van der Waals surface area contributed by atoms with Crippen molar-refractivity contribution in [2.45, 2.75) is 65.2 Å². The number of hydrogen-bond donors (Lipinski definition) is 2. The van der Waals surface area contributed by atoms with Crippen molar-refractivity contribution >= 4 is 28.9 Å². The number of fused-ring (bicyclic) bond motifs is 1. The van der Waals surface area contributed by atoms with E-state index < -0.39 is 35.2 Å². The van der Waals surface area contributed by atoms with E-state index in [0.717, 1.165) is 16.5 Å². The van der Waals surface area contributed by atoms with Gasteiger partial charge in [0.2, 0.25) is 0 Å². The molecule has 1 aromatic heterocycles. The van der Waals surface area contributed by atoms with Crippen LogP contribution in [-0.4, -0.2) is 65.3 Å². The fourth-order valence-electron chi connectivity index (χ4n) is 4.07. The Labute approximate surface area is 229 Å². The van der Waals surface area contributed by atoms with Crippen LogP contribution in [0.4, 0.5) is 4.79 Å². The molecule has 0 bridgehead atoms. The van der Waals surface area contributed by atoms with E-state index in [1.807, 2.05) is 42.5 Å². The number of H-pyrrole nitrogens is 1. The quantitative estimate of drug-likeness (QED) is 0.368. The molecule has 1 heterocycles. The van der Waals surface area contributed by atoms with E-state index in [2.05, 4.69) is 10.3 Å². The second-order valence-electron chi connectivity index (χ2n) is 11.4. The van der Waals surface area contributed by atoms with Gasteiger partial charge in [-0.1, -0.05) is 30.3 Å². The van der Waals surface area contributed by atoms with Crippen LogP contribution < -0.4 is 10.1 Å². The first kappa shape index (κ1) is 29.5. The van der Waals surface area contributed by atoms with Crippen LogP contribution in [0, 0.1) is 0 Å². The summed E-state index contributed by atoms with van der Waals surface area (Å²) in [5, 5.41) is 3.68. The highest BCUT2D eigenvalue weighted by Crippen LogP contribution is 2.22. The number of rotatable bonds is 9. The van der Waals surface area contributed by atoms with Crippen molar-refractivity contribution < 1.29 is 28.6 Å². The monoisotopic (exact) mass is 537 g/mol. The molecule has 3 aromatic rings. The summed E-state index contributed by atoms with van der Waals surface area (Å²) in [6.07, 6.45) is -0.187. The van der Waals surface area contributed by atoms with Crippen molar-refractivity contribution in [2.24, 2.45) is 0 Å². The Balaban J connectivity index is 1.92. The molecule has 3 rings (SSSR count). The number of benzene rings is 2. The fraction of sp³-hybridized carbons (Fsp3) is 0.433. The minimum atomic E-state index is -0.721. The molecule has 2 aromatic carbocycles. The second kappa shape index (κ2) is 12.2. The Morgan fingerprint density at radius 3 is 2.21 bits per heavy atom. The van der Waals surface area contributed by atoms with E-state index in [9.17, 15) is 14.4 Å². The Morgan fingerprint density at radius 1 is 0.923 bits per heavy atom. The van der Waals surface area contributed by atoms with Gasteiger partial charge in [0.15, 0.2) is 0 Å². The number of hydrogen-bond acceptors (Lipinski definition) is 6. The molecule has 0 radical (unpaired) electrons. The molecule has 2 amide bonds. The predicted octanol–water partition coefficient (Wildman–Crippen LogP) is 5.10. The molecular formula is C30H39N3O6. The van der Waals surface area contributed by atoms with Crippen LogP contribution in [0.3, 0.4) is 0 Å². The van der Waals surface area contributed by atoms with Crippen LogP contribution in [0.5, 0.6) is 5.75 Å². The highest BCUT2D eigenvalue weighted by atomic mass is 16.6. The van der Waals surface area contributed by atoms with E-state index >= 15 is 0 Å². The average Bonchev–Trinajstić information content (AvgIpc) is 3.24. The molecule has 0 fully saturated rings. The Bertz CT molecular complexity index is 1290. The van der Waals surface area contributed by atoms with Gasteiger partial charge in [-0.25, -0.2) is 4.79 Å². The molecule has 2 N–H and O–H groups in total. The topological polar surface area (TPSA) is 110 Å². The number of nitrogens with one attached hydrogen (secondary N) is 2. The SMILES string of the molecule is COc1ccc2[nH]c(C(=O)N(CC(=O)OC(C)(C)C)C[C@H](Cc3ccccc3)NC(=O)OC(C)(C)C)cc2c1. The summed E-state index contributed by atoms with van der Waals surface area (Å²) in [6, 6.07) is 16.2. The van der Waals surface area contributed by atoms with Gasteiger partial charge in [0.05, 0.1) is 13.2 Å². The number of carbonyl (C=O) groups is 3. The molecule has 0 unspecified atom stereocenters. The van der Waals surface area contributed by atoms with Crippen molar-refractivity contribution in [1.29, 1.82) is 0 Å². The normalized spacial score (nSPS) is 12.5. The summed E-state index contributed by atoms with van der Waals surface area (Å²) in [5.41, 5.74) is 0.600. The third-order valence-corrected chi connectivity index (χ3v) is 5.57. The van der Waals surface area contributed by atoms with Crippen molar-refractivity contribution in [3.8, 4) is 5.75 Å². The zero-order chi connectivity index (χ0) is 28.8. The van der Waals surface area contributed by atoms with Crippen molar-refractivity contribution in [1.82, 2.24) is 15.2 Å². The summed E-state index contributed by atoms with van der Waals surface area (Å²) in [6.45, 7) is 10.4. The van der Waals surface area contributed by atoms with E-state index in [1.165, 1.54) is 4.90 Å². The van der Waals surface area contributed by atoms with E-state index in [4.69, 9.17) is 14.2 Å². The van der Waals surface area contributed by atoms with Gasteiger partial charge in [0.1, 0.15) is 29.2 Å². The average molecular weight is 538 g/mol. The third-order valence-electron chi connectivity index (χ3n) is 5.57. The number of aromatic nitrogens is 1. The van der Waals surface area contributed by atoms with Gasteiger partial charge in [0.25, 0.3) is 5.91 Å². The standard InChI is InChI=1S/C30H39N3O6/c1-29(2,3)38-26(34)19-33(27(35)25-17-21-16-23(37-7)13-14-24(21)32-25)18-22(15-20-11-9-8-10-12-20)31-28(36)39-30(4,5)6/h8-14,16-17,22,32H,15,18-19H2,1-7H3,(H,31,36)/t22-/m0/s1. The summed E-state index contributed by atoms with van der Waals surface area (Å²) in [5.74, 6) is -0.292. The maximum Gasteiger partial charge on any atom is 0.407 e. The molecule has 9 heteroatoms. The molecule has 1 atom stereocenters. The highest BCUT2D eigenvalue weighted by Gasteiger charge is 2.28. The molecular weight excluding hydrogens is 498 g/mol. The van der Waals surface area contributed by atoms with Crippen molar-refractivity contribution in [3.63, 3.8) is 0 Å². The van der Waals surface area contributed by atoms with E-state index in [0.29, 0.717) is 17.9 Å². The molecule has 0 aliphatic heterocycles. The second-order valence-corrected chi connectivity index (χ2v) is 11.4. The summed E-state index contributed by atoms with van der Waals surface area (Å²) in [7, 11) is 1.58. The number of amides is 2. The van der Waals surface area contributed by atoms with E-state index in [1.54, 1.807) is 60.8 Å².